The van der Waals surface area contributed by atoms with Crippen LogP contribution in [0.3, 0.4) is 0 Å². The Morgan fingerprint density at radius 2 is 1.86 bits per heavy atom. The number of allylic oxidation sites excluding steroid dienone is 2. The lowest BCUT2D eigenvalue weighted by Crippen LogP contribution is -2.41. The van der Waals surface area contributed by atoms with Gasteiger partial charge in [0.2, 0.25) is 6.29 Å². The van der Waals surface area contributed by atoms with Crippen molar-refractivity contribution >= 4 is 5.97 Å². The van der Waals surface area contributed by atoms with E-state index in [9.17, 15) is 4.79 Å². The Hall–Kier alpha value is -0.830. The molecule has 22 heavy (non-hydrogen) atoms. The van der Waals surface area contributed by atoms with Crippen LogP contribution in [0.5, 0.6) is 0 Å². The summed E-state index contributed by atoms with van der Waals surface area (Å²) in [4.78, 5) is 12.8. The van der Waals surface area contributed by atoms with E-state index >= 15 is 0 Å². The summed E-state index contributed by atoms with van der Waals surface area (Å²) in [5, 5.41) is 0. The van der Waals surface area contributed by atoms with E-state index < -0.39 is 0 Å². The number of rotatable bonds is 2. The zero-order valence-corrected chi connectivity index (χ0v) is 13.3. The van der Waals surface area contributed by atoms with Gasteiger partial charge >= 0.3 is 5.97 Å². The molecule has 1 heterocycles. The number of hydrogen-bond acceptors (Lipinski definition) is 3. The molecule has 0 aromatic carbocycles. The SMILES string of the molecule is CC1C2CC(C1C(=O)OC1CCCCO1)C1C3C=CC(C3)C21. The highest BCUT2D eigenvalue weighted by Gasteiger charge is 2.65. The second-order valence-electron chi connectivity index (χ2n) is 8.28. The lowest BCUT2D eigenvalue weighted by molar-refractivity contribution is -0.195. The van der Waals surface area contributed by atoms with E-state index in [2.05, 4.69) is 19.1 Å². The molecule has 5 aliphatic rings. The van der Waals surface area contributed by atoms with Crippen molar-refractivity contribution in [3.8, 4) is 0 Å². The Balaban J connectivity index is 1.33. The van der Waals surface area contributed by atoms with Gasteiger partial charge in [-0.2, -0.15) is 0 Å². The molecule has 5 rings (SSSR count). The number of carbonyl (C=O) groups is 1. The lowest BCUT2D eigenvalue weighted by atomic mass is 9.65. The first kappa shape index (κ1) is 13.6. The molecule has 9 unspecified atom stereocenters. The van der Waals surface area contributed by atoms with Gasteiger partial charge in [-0.1, -0.05) is 19.1 Å². The molecule has 3 nitrogen and oxygen atoms in total. The van der Waals surface area contributed by atoms with Crippen LogP contribution in [-0.2, 0) is 14.3 Å². The maximum Gasteiger partial charge on any atom is 0.311 e. The second kappa shape index (κ2) is 4.83. The zero-order chi connectivity index (χ0) is 14.8. The summed E-state index contributed by atoms with van der Waals surface area (Å²) in [6, 6.07) is 0. The molecule has 0 spiro atoms. The Kier molecular flexibility index (Phi) is 2.99. The molecular weight excluding hydrogens is 276 g/mol. The fourth-order valence-electron chi connectivity index (χ4n) is 6.74. The summed E-state index contributed by atoms with van der Waals surface area (Å²) in [5.74, 6) is 5.17. The maximum atomic E-state index is 12.8. The molecular formula is C19H26O3. The van der Waals surface area contributed by atoms with Crippen molar-refractivity contribution in [3.05, 3.63) is 12.2 Å². The third kappa shape index (κ3) is 1.75. The number of fused-ring (bicyclic) bond motifs is 9. The Morgan fingerprint density at radius 3 is 2.59 bits per heavy atom. The van der Waals surface area contributed by atoms with Crippen molar-refractivity contribution in [3.63, 3.8) is 0 Å². The molecule has 1 saturated heterocycles. The van der Waals surface area contributed by atoms with E-state index in [-0.39, 0.29) is 18.2 Å². The molecule has 0 radical (unpaired) electrons. The molecule has 120 valence electrons. The second-order valence-corrected chi connectivity index (χ2v) is 8.28. The number of esters is 1. The molecule has 3 saturated carbocycles. The van der Waals surface area contributed by atoms with Gasteiger partial charge < -0.3 is 9.47 Å². The fraction of sp³-hybridized carbons (Fsp3) is 0.842. The summed E-state index contributed by atoms with van der Waals surface area (Å²) in [5.41, 5.74) is 0. The maximum absolute atomic E-state index is 12.8. The first-order valence-electron chi connectivity index (χ1n) is 9.24. The van der Waals surface area contributed by atoms with Gasteiger partial charge in [0.25, 0.3) is 0 Å². The predicted octanol–water partition coefficient (Wildman–Crippen LogP) is 3.40. The van der Waals surface area contributed by atoms with Gasteiger partial charge in [-0.15, -0.1) is 0 Å². The van der Waals surface area contributed by atoms with E-state index in [1.54, 1.807) is 0 Å². The fourth-order valence-corrected chi connectivity index (χ4v) is 6.74. The largest absolute Gasteiger partial charge is 0.436 e. The number of carbonyl (C=O) groups excluding carboxylic acids is 1. The first-order valence-corrected chi connectivity index (χ1v) is 9.24. The molecule has 1 aliphatic heterocycles. The predicted molar refractivity (Wildman–Crippen MR) is 81.7 cm³/mol. The van der Waals surface area contributed by atoms with E-state index in [1.165, 1.54) is 12.8 Å². The van der Waals surface area contributed by atoms with Crippen LogP contribution in [0.2, 0.25) is 0 Å². The van der Waals surface area contributed by atoms with Gasteiger partial charge in [0.15, 0.2) is 0 Å². The minimum atomic E-state index is -0.275. The van der Waals surface area contributed by atoms with Gasteiger partial charge in [-0.05, 0) is 67.1 Å². The van der Waals surface area contributed by atoms with Gasteiger partial charge in [-0.3, -0.25) is 4.79 Å². The normalized spacial score (nSPS) is 54.7. The third-order valence-corrected chi connectivity index (χ3v) is 7.48. The zero-order valence-electron chi connectivity index (χ0n) is 13.3. The van der Waals surface area contributed by atoms with Crippen LogP contribution in [0, 0.1) is 47.3 Å². The van der Waals surface area contributed by atoms with Gasteiger partial charge in [0.05, 0.1) is 12.5 Å². The number of ether oxygens (including phenoxy) is 2. The standard InChI is InChI=1S/C19H26O3/c1-10-13-9-14(18-12-6-5-11(8-12)17(13)18)16(10)19(20)22-15-4-2-3-7-21-15/h5-6,10-18H,2-4,7-9H2,1H3. The van der Waals surface area contributed by atoms with Gasteiger partial charge in [-0.25, -0.2) is 0 Å². The quantitative estimate of drug-likeness (QED) is 0.445. The van der Waals surface area contributed by atoms with Crippen molar-refractivity contribution in [1.82, 2.24) is 0 Å². The highest BCUT2D eigenvalue weighted by Crippen LogP contribution is 2.68. The lowest BCUT2D eigenvalue weighted by Gasteiger charge is -2.40. The topological polar surface area (TPSA) is 35.5 Å². The minimum absolute atomic E-state index is 0.0390. The van der Waals surface area contributed by atoms with E-state index in [0.717, 1.165) is 55.5 Å². The van der Waals surface area contributed by atoms with Crippen LogP contribution in [0.25, 0.3) is 0 Å². The summed E-state index contributed by atoms with van der Waals surface area (Å²) >= 11 is 0. The van der Waals surface area contributed by atoms with E-state index in [0.29, 0.717) is 11.8 Å². The molecule has 0 amide bonds. The van der Waals surface area contributed by atoms with Gasteiger partial charge in [0.1, 0.15) is 0 Å². The molecule has 3 heteroatoms. The molecule has 4 aliphatic carbocycles. The Bertz CT molecular complexity index is 507. The summed E-state index contributed by atoms with van der Waals surface area (Å²) in [7, 11) is 0. The molecule has 0 N–H and O–H groups in total. The Labute approximate surface area is 132 Å². The average Bonchev–Trinajstić information content (AvgIpc) is 3.26. The van der Waals surface area contributed by atoms with Crippen LogP contribution in [0.15, 0.2) is 12.2 Å². The molecule has 0 aromatic rings. The van der Waals surface area contributed by atoms with Crippen molar-refractivity contribution in [2.45, 2.75) is 45.3 Å². The highest BCUT2D eigenvalue weighted by atomic mass is 16.7. The van der Waals surface area contributed by atoms with Crippen molar-refractivity contribution in [2.24, 2.45) is 47.3 Å². The van der Waals surface area contributed by atoms with Crippen LogP contribution in [0.4, 0.5) is 0 Å². The number of hydrogen-bond donors (Lipinski definition) is 0. The minimum Gasteiger partial charge on any atom is -0.436 e. The van der Waals surface area contributed by atoms with Crippen molar-refractivity contribution in [2.75, 3.05) is 6.61 Å². The average molecular weight is 302 g/mol. The summed E-state index contributed by atoms with van der Waals surface area (Å²) < 4.78 is 11.4. The molecule has 4 bridgehead atoms. The van der Waals surface area contributed by atoms with E-state index in [1.807, 2.05) is 0 Å². The molecule has 4 fully saturated rings. The van der Waals surface area contributed by atoms with Crippen LogP contribution < -0.4 is 0 Å². The first-order chi connectivity index (χ1) is 10.7. The van der Waals surface area contributed by atoms with Crippen molar-refractivity contribution < 1.29 is 14.3 Å². The molecule has 9 atom stereocenters. The summed E-state index contributed by atoms with van der Waals surface area (Å²) in [6.07, 6.45) is 10.3. The monoisotopic (exact) mass is 302 g/mol. The summed E-state index contributed by atoms with van der Waals surface area (Å²) in [6.45, 7) is 3.04. The van der Waals surface area contributed by atoms with Gasteiger partial charge in [0, 0.05) is 6.42 Å². The smallest absolute Gasteiger partial charge is 0.311 e. The third-order valence-electron chi connectivity index (χ3n) is 7.48. The van der Waals surface area contributed by atoms with Crippen LogP contribution >= 0.6 is 0 Å². The van der Waals surface area contributed by atoms with E-state index in [4.69, 9.17) is 9.47 Å². The highest BCUT2D eigenvalue weighted by molar-refractivity contribution is 5.74. The van der Waals surface area contributed by atoms with Crippen molar-refractivity contribution in [1.29, 1.82) is 0 Å². The van der Waals surface area contributed by atoms with Crippen LogP contribution in [0.1, 0.15) is 39.0 Å². The molecule has 0 aromatic heterocycles. The van der Waals surface area contributed by atoms with Crippen LogP contribution in [-0.4, -0.2) is 18.9 Å². The Morgan fingerprint density at radius 1 is 1.09 bits per heavy atom.